The van der Waals surface area contributed by atoms with Gasteiger partial charge in [0.15, 0.2) is 5.82 Å². The molecule has 0 radical (unpaired) electrons. The second-order valence-corrected chi connectivity index (χ2v) is 3.55. The van der Waals surface area contributed by atoms with Gasteiger partial charge in [-0.3, -0.25) is 4.98 Å². The Bertz CT molecular complexity index is 487. The maximum Gasteiger partial charge on any atom is 0.223 e. The Morgan fingerprint density at radius 3 is 2.76 bits per heavy atom. The van der Waals surface area contributed by atoms with Gasteiger partial charge in [-0.05, 0) is 18.6 Å². The van der Waals surface area contributed by atoms with Crippen molar-refractivity contribution in [1.29, 1.82) is 0 Å². The lowest BCUT2D eigenvalue weighted by Gasteiger charge is -2.06. The molecule has 0 atom stereocenters. The van der Waals surface area contributed by atoms with Gasteiger partial charge in [0.25, 0.3) is 0 Å². The third-order valence-corrected chi connectivity index (χ3v) is 2.23. The van der Waals surface area contributed by atoms with Crippen molar-refractivity contribution in [2.24, 2.45) is 0 Å². The summed E-state index contributed by atoms with van der Waals surface area (Å²) in [5.41, 5.74) is 0.987. The Morgan fingerprint density at radius 2 is 2.06 bits per heavy atom. The van der Waals surface area contributed by atoms with E-state index >= 15 is 0 Å². The molecule has 17 heavy (non-hydrogen) atoms. The zero-order valence-corrected chi connectivity index (χ0v) is 9.52. The number of rotatable bonds is 4. The van der Waals surface area contributed by atoms with Crippen LogP contribution in [0.25, 0.3) is 11.3 Å². The van der Waals surface area contributed by atoms with Crippen molar-refractivity contribution in [1.82, 2.24) is 15.0 Å². The molecule has 2 heterocycles. The van der Waals surface area contributed by atoms with Crippen LogP contribution in [0.15, 0.2) is 30.7 Å². The van der Waals surface area contributed by atoms with Gasteiger partial charge in [-0.1, -0.05) is 6.92 Å². The van der Waals surface area contributed by atoms with Gasteiger partial charge in [-0.15, -0.1) is 0 Å². The highest BCUT2D eigenvalue weighted by atomic mass is 19.1. The van der Waals surface area contributed by atoms with Crippen LogP contribution in [-0.4, -0.2) is 21.5 Å². The topological polar surface area (TPSA) is 50.7 Å². The quantitative estimate of drug-likeness (QED) is 0.879. The SMILES string of the molecule is CCCNc1ncc(F)c(-c2ccncc2)n1. The van der Waals surface area contributed by atoms with Crippen LogP contribution in [0, 0.1) is 5.82 Å². The summed E-state index contributed by atoms with van der Waals surface area (Å²) in [5, 5.41) is 3.03. The van der Waals surface area contributed by atoms with Crippen molar-refractivity contribution in [3.8, 4) is 11.3 Å². The maximum absolute atomic E-state index is 13.6. The van der Waals surface area contributed by atoms with E-state index in [-0.39, 0.29) is 0 Å². The van der Waals surface area contributed by atoms with Crippen molar-refractivity contribution in [2.75, 3.05) is 11.9 Å². The number of hydrogen-bond donors (Lipinski definition) is 1. The van der Waals surface area contributed by atoms with Gasteiger partial charge in [0.05, 0.1) is 6.20 Å². The number of pyridine rings is 1. The van der Waals surface area contributed by atoms with E-state index in [2.05, 4.69) is 20.3 Å². The number of anilines is 1. The molecule has 2 aromatic rings. The van der Waals surface area contributed by atoms with Crippen LogP contribution in [-0.2, 0) is 0 Å². The molecule has 0 saturated carbocycles. The number of halogens is 1. The molecule has 0 bridgehead atoms. The summed E-state index contributed by atoms with van der Waals surface area (Å²) >= 11 is 0. The summed E-state index contributed by atoms with van der Waals surface area (Å²) in [4.78, 5) is 11.9. The first-order valence-electron chi connectivity index (χ1n) is 5.48. The van der Waals surface area contributed by atoms with E-state index in [9.17, 15) is 4.39 Å². The lowest BCUT2D eigenvalue weighted by molar-refractivity contribution is 0.618. The van der Waals surface area contributed by atoms with E-state index in [1.807, 2.05) is 6.92 Å². The van der Waals surface area contributed by atoms with E-state index in [1.54, 1.807) is 24.5 Å². The Hall–Kier alpha value is -2.04. The molecule has 0 aliphatic heterocycles. The third-order valence-electron chi connectivity index (χ3n) is 2.23. The molecule has 0 aliphatic rings. The normalized spacial score (nSPS) is 10.2. The highest BCUT2D eigenvalue weighted by Crippen LogP contribution is 2.19. The first-order valence-corrected chi connectivity index (χ1v) is 5.48. The summed E-state index contributed by atoms with van der Waals surface area (Å²) in [6.45, 7) is 2.81. The average Bonchev–Trinajstić information content (AvgIpc) is 2.39. The smallest absolute Gasteiger partial charge is 0.223 e. The van der Waals surface area contributed by atoms with Crippen molar-refractivity contribution < 1.29 is 4.39 Å². The summed E-state index contributed by atoms with van der Waals surface area (Å²) < 4.78 is 13.6. The largest absolute Gasteiger partial charge is 0.354 e. The number of hydrogen-bond acceptors (Lipinski definition) is 4. The zero-order chi connectivity index (χ0) is 12.1. The van der Waals surface area contributed by atoms with Gasteiger partial charge >= 0.3 is 0 Å². The maximum atomic E-state index is 13.6. The molecule has 0 aromatic carbocycles. The Labute approximate surface area is 99.0 Å². The molecule has 1 N–H and O–H groups in total. The minimum Gasteiger partial charge on any atom is -0.354 e. The molecular formula is C12H13FN4. The molecule has 0 fully saturated rings. The molecular weight excluding hydrogens is 219 g/mol. The minimum atomic E-state index is -0.432. The molecule has 0 aliphatic carbocycles. The lowest BCUT2D eigenvalue weighted by Crippen LogP contribution is -2.05. The van der Waals surface area contributed by atoms with Crippen LogP contribution >= 0.6 is 0 Å². The van der Waals surface area contributed by atoms with Gasteiger partial charge in [0, 0.05) is 24.5 Å². The van der Waals surface area contributed by atoms with Crippen LogP contribution in [0.2, 0.25) is 0 Å². The van der Waals surface area contributed by atoms with Gasteiger partial charge in [0.1, 0.15) is 5.69 Å². The second-order valence-electron chi connectivity index (χ2n) is 3.55. The van der Waals surface area contributed by atoms with E-state index in [1.165, 1.54) is 6.20 Å². The fourth-order valence-corrected chi connectivity index (χ4v) is 1.40. The number of nitrogens with one attached hydrogen (secondary N) is 1. The van der Waals surface area contributed by atoms with Crippen molar-refractivity contribution >= 4 is 5.95 Å². The molecule has 0 unspecified atom stereocenters. The molecule has 4 nitrogen and oxygen atoms in total. The van der Waals surface area contributed by atoms with E-state index in [0.717, 1.165) is 13.0 Å². The molecule has 0 amide bonds. The first-order chi connectivity index (χ1) is 8.31. The number of aromatic nitrogens is 3. The fourth-order valence-electron chi connectivity index (χ4n) is 1.40. The Balaban J connectivity index is 2.33. The van der Waals surface area contributed by atoms with Crippen molar-refractivity contribution in [2.45, 2.75) is 13.3 Å². The lowest BCUT2D eigenvalue weighted by atomic mass is 10.2. The monoisotopic (exact) mass is 232 g/mol. The summed E-state index contributed by atoms with van der Waals surface area (Å²) in [7, 11) is 0. The van der Waals surface area contributed by atoms with Gasteiger partial charge in [-0.25, -0.2) is 14.4 Å². The van der Waals surface area contributed by atoms with E-state index < -0.39 is 5.82 Å². The molecule has 5 heteroatoms. The summed E-state index contributed by atoms with van der Waals surface area (Å²) in [5.74, 6) is 0.0123. The first kappa shape index (κ1) is 11.4. The van der Waals surface area contributed by atoms with Crippen molar-refractivity contribution in [3.05, 3.63) is 36.5 Å². The second kappa shape index (κ2) is 5.34. The van der Waals surface area contributed by atoms with E-state index in [4.69, 9.17) is 0 Å². The van der Waals surface area contributed by atoms with Crippen LogP contribution in [0.4, 0.5) is 10.3 Å². The highest BCUT2D eigenvalue weighted by molar-refractivity contribution is 5.59. The summed E-state index contributed by atoms with van der Waals surface area (Å²) in [6.07, 6.45) is 5.36. The van der Waals surface area contributed by atoms with E-state index in [0.29, 0.717) is 17.2 Å². The number of nitrogens with zero attached hydrogens (tertiary/aromatic N) is 3. The summed E-state index contributed by atoms with van der Waals surface area (Å²) in [6, 6.07) is 3.43. The fraction of sp³-hybridized carbons (Fsp3) is 0.250. The van der Waals surface area contributed by atoms with Gasteiger partial charge in [-0.2, -0.15) is 0 Å². The van der Waals surface area contributed by atoms with Crippen LogP contribution in [0.3, 0.4) is 0 Å². The van der Waals surface area contributed by atoms with Crippen LogP contribution in [0.1, 0.15) is 13.3 Å². The minimum absolute atomic E-state index is 0.293. The highest BCUT2D eigenvalue weighted by Gasteiger charge is 2.08. The van der Waals surface area contributed by atoms with Crippen molar-refractivity contribution in [3.63, 3.8) is 0 Å². The predicted octanol–water partition coefficient (Wildman–Crippen LogP) is 2.50. The third kappa shape index (κ3) is 2.75. The zero-order valence-electron chi connectivity index (χ0n) is 9.52. The molecule has 88 valence electrons. The van der Waals surface area contributed by atoms with Crippen LogP contribution < -0.4 is 5.32 Å². The Kier molecular flexibility index (Phi) is 3.59. The van der Waals surface area contributed by atoms with Gasteiger partial charge < -0.3 is 5.32 Å². The average molecular weight is 232 g/mol. The predicted molar refractivity (Wildman–Crippen MR) is 64.0 cm³/mol. The molecule has 0 saturated heterocycles. The standard InChI is InChI=1S/C12H13FN4/c1-2-5-15-12-16-8-10(13)11(17-12)9-3-6-14-7-4-9/h3-4,6-8H,2,5H2,1H3,(H,15,16,17). The van der Waals surface area contributed by atoms with Crippen LogP contribution in [0.5, 0.6) is 0 Å². The Morgan fingerprint density at radius 1 is 1.29 bits per heavy atom. The molecule has 2 rings (SSSR count). The molecule has 2 aromatic heterocycles. The van der Waals surface area contributed by atoms with Gasteiger partial charge in [0.2, 0.25) is 5.95 Å². The molecule has 0 spiro atoms.